The second-order valence-corrected chi connectivity index (χ2v) is 3.05. The molecule has 0 heterocycles. The minimum Gasteiger partial charge on any atom is -0.0991 e. The average molecular weight is 160 g/mol. The number of hydrogen-bond acceptors (Lipinski definition) is 0. The predicted octanol–water partition coefficient (Wildman–Crippen LogP) is 3.64. The molecule has 0 radical (unpaired) electrons. The van der Waals surface area contributed by atoms with E-state index in [1.165, 1.54) is 19.3 Å². The van der Waals surface area contributed by atoms with Gasteiger partial charge in [-0.15, -0.1) is 0 Å². The van der Waals surface area contributed by atoms with E-state index >= 15 is 0 Å². The fourth-order valence-electron chi connectivity index (χ4n) is 1.36. The molecule has 0 aromatic heterocycles. The van der Waals surface area contributed by atoms with Crippen molar-refractivity contribution in [3.8, 4) is 0 Å². The van der Waals surface area contributed by atoms with E-state index in [1.807, 2.05) is 12.2 Å². The fourth-order valence-corrected chi connectivity index (χ4v) is 1.36. The van der Waals surface area contributed by atoms with Gasteiger partial charge in [-0.3, -0.25) is 0 Å². The van der Waals surface area contributed by atoms with Crippen molar-refractivity contribution in [2.75, 3.05) is 0 Å². The summed E-state index contributed by atoms with van der Waals surface area (Å²) >= 11 is 0. The first kappa shape index (κ1) is 9.05. The lowest BCUT2D eigenvalue weighted by molar-refractivity contribution is 0.584. The summed E-state index contributed by atoms with van der Waals surface area (Å²) in [6, 6.07) is 0. The summed E-state index contributed by atoms with van der Waals surface area (Å²) in [7, 11) is 0. The molecule has 0 aromatic carbocycles. The third-order valence-corrected chi connectivity index (χ3v) is 2.05. The first-order valence-corrected chi connectivity index (χ1v) is 4.54. The van der Waals surface area contributed by atoms with Gasteiger partial charge >= 0.3 is 0 Å². The summed E-state index contributed by atoms with van der Waals surface area (Å²) in [5.74, 6) is 0.754. The smallest absolute Gasteiger partial charge is 0.0193 e. The van der Waals surface area contributed by atoms with Crippen molar-refractivity contribution < 1.29 is 0 Å². The zero-order chi connectivity index (χ0) is 8.65. The van der Waals surface area contributed by atoms with Gasteiger partial charge in [0.25, 0.3) is 0 Å². The molecule has 12 heavy (non-hydrogen) atoms. The minimum atomic E-state index is 0.754. The molecule has 0 spiro atoms. The Kier molecular flexibility index (Phi) is 4.22. The number of allylic oxidation sites excluding steroid dienone is 7. The predicted molar refractivity (Wildman–Crippen MR) is 55.0 cm³/mol. The minimum absolute atomic E-state index is 0.754. The Balaban J connectivity index is 2.29. The molecule has 1 rings (SSSR count). The van der Waals surface area contributed by atoms with Crippen LogP contribution in [-0.4, -0.2) is 0 Å². The summed E-state index contributed by atoms with van der Waals surface area (Å²) < 4.78 is 0. The lowest BCUT2D eigenvalue weighted by atomic mass is 9.94. The van der Waals surface area contributed by atoms with Crippen LogP contribution in [0.3, 0.4) is 0 Å². The standard InChI is InChI=1S/C12H16/c1-2-3-4-6-9-12-10-7-5-8-11-12/h2-7,9,12H,1,8,10-11H2/b4-3+,9-6+/t12-/m1/s1. The van der Waals surface area contributed by atoms with Gasteiger partial charge in [0.05, 0.1) is 0 Å². The topological polar surface area (TPSA) is 0 Å². The Bertz CT molecular complexity index is 206. The van der Waals surface area contributed by atoms with Crippen LogP contribution in [0, 0.1) is 5.92 Å². The first-order valence-electron chi connectivity index (χ1n) is 4.54. The van der Waals surface area contributed by atoms with Gasteiger partial charge in [0, 0.05) is 0 Å². The first-order chi connectivity index (χ1) is 5.93. The van der Waals surface area contributed by atoms with Gasteiger partial charge in [-0.1, -0.05) is 49.1 Å². The Morgan fingerprint density at radius 3 is 2.75 bits per heavy atom. The third-order valence-electron chi connectivity index (χ3n) is 2.05. The number of hydrogen-bond donors (Lipinski definition) is 0. The molecule has 0 bridgehead atoms. The average Bonchev–Trinajstić information content (AvgIpc) is 2.14. The molecule has 0 unspecified atom stereocenters. The highest BCUT2D eigenvalue weighted by molar-refractivity contribution is 5.11. The maximum atomic E-state index is 3.61. The van der Waals surface area contributed by atoms with E-state index in [9.17, 15) is 0 Å². The van der Waals surface area contributed by atoms with Crippen LogP contribution in [0.1, 0.15) is 19.3 Å². The highest BCUT2D eigenvalue weighted by Crippen LogP contribution is 2.18. The van der Waals surface area contributed by atoms with Crippen molar-refractivity contribution in [3.63, 3.8) is 0 Å². The van der Waals surface area contributed by atoms with Crippen LogP contribution >= 0.6 is 0 Å². The van der Waals surface area contributed by atoms with Gasteiger partial charge < -0.3 is 0 Å². The molecule has 1 aliphatic rings. The Labute approximate surface area is 75.0 Å². The van der Waals surface area contributed by atoms with Crippen molar-refractivity contribution in [1.82, 2.24) is 0 Å². The highest BCUT2D eigenvalue weighted by Gasteiger charge is 2.03. The SMILES string of the molecule is C=C/C=C/C=C/[C@@H]1CC=CCC1. The van der Waals surface area contributed by atoms with Gasteiger partial charge in [-0.25, -0.2) is 0 Å². The highest BCUT2D eigenvalue weighted by atomic mass is 14.1. The van der Waals surface area contributed by atoms with E-state index in [1.54, 1.807) is 6.08 Å². The molecule has 0 N–H and O–H groups in total. The zero-order valence-electron chi connectivity index (χ0n) is 7.45. The molecule has 0 heteroatoms. The zero-order valence-corrected chi connectivity index (χ0v) is 7.45. The van der Waals surface area contributed by atoms with E-state index in [4.69, 9.17) is 0 Å². The maximum absolute atomic E-state index is 3.61. The lowest BCUT2D eigenvalue weighted by Crippen LogP contribution is -1.97. The number of rotatable bonds is 3. The summed E-state index contributed by atoms with van der Waals surface area (Å²) in [6.07, 6.45) is 18.5. The van der Waals surface area contributed by atoms with Gasteiger partial charge in [0.2, 0.25) is 0 Å². The van der Waals surface area contributed by atoms with Crippen LogP contribution in [0.4, 0.5) is 0 Å². The van der Waals surface area contributed by atoms with Crippen molar-refractivity contribution in [3.05, 3.63) is 49.1 Å². The molecule has 0 nitrogen and oxygen atoms in total. The van der Waals surface area contributed by atoms with Crippen LogP contribution in [0.25, 0.3) is 0 Å². The maximum Gasteiger partial charge on any atom is -0.0193 e. The van der Waals surface area contributed by atoms with Crippen molar-refractivity contribution in [2.24, 2.45) is 5.92 Å². The monoisotopic (exact) mass is 160 g/mol. The van der Waals surface area contributed by atoms with Crippen LogP contribution in [0.5, 0.6) is 0 Å². The Morgan fingerprint density at radius 2 is 2.08 bits per heavy atom. The quantitative estimate of drug-likeness (QED) is 0.437. The second kappa shape index (κ2) is 5.59. The molecule has 0 aromatic rings. The van der Waals surface area contributed by atoms with Gasteiger partial charge in [-0.05, 0) is 25.2 Å². The second-order valence-electron chi connectivity index (χ2n) is 3.05. The Hall–Kier alpha value is -1.04. The third kappa shape index (κ3) is 3.38. The largest absolute Gasteiger partial charge is 0.0991 e. The molecular weight excluding hydrogens is 144 g/mol. The molecule has 0 amide bonds. The molecular formula is C12H16. The summed E-state index contributed by atoms with van der Waals surface area (Å²) in [5.41, 5.74) is 0. The summed E-state index contributed by atoms with van der Waals surface area (Å²) in [5, 5.41) is 0. The molecule has 0 saturated carbocycles. The van der Waals surface area contributed by atoms with Crippen molar-refractivity contribution in [2.45, 2.75) is 19.3 Å². The van der Waals surface area contributed by atoms with E-state index in [0.717, 1.165) is 5.92 Å². The van der Waals surface area contributed by atoms with E-state index in [2.05, 4.69) is 30.9 Å². The van der Waals surface area contributed by atoms with Crippen molar-refractivity contribution >= 4 is 0 Å². The van der Waals surface area contributed by atoms with Gasteiger partial charge in [-0.2, -0.15) is 0 Å². The molecule has 0 aliphatic heterocycles. The van der Waals surface area contributed by atoms with E-state index in [-0.39, 0.29) is 0 Å². The lowest BCUT2D eigenvalue weighted by Gasteiger charge is -2.11. The molecule has 0 saturated heterocycles. The van der Waals surface area contributed by atoms with Crippen LogP contribution in [-0.2, 0) is 0 Å². The molecule has 1 atom stereocenters. The molecule has 64 valence electrons. The van der Waals surface area contributed by atoms with Crippen LogP contribution < -0.4 is 0 Å². The summed E-state index contributed by atoms with van der Waals surface area (Å²) in [6.45, 7) is 3.61. The van der Waals surface area contributed by atoms with Gasteiger partial charge in [0.15, 0.2) is 0 Å². The normalized spacial score (nSPS) is 23.8. The summed E-state index contributed by atoms with van der Waals surface area (Å²) in [4.78, 5) is 0. The van der Waals surface area contributed by atoms with Crippen molar-refractivity contribution in [1.29, 1.82) is 0 Å². The molecule has 1 aliphatic carbocycles. The van der Waals surface area contributed by atoms with Crippen LogP contribution in [0.2, 0.25) is 0 Å². The Morgan fingerprint density at radius 1 is 1.17 bits per heavy atom. The fraction of sp³-hybridized carbons (Fsp3) is 0.333. The van der Waals surface area contributed by atoms with Crippen LogP contribution in [0.15, 0.2) is 49.1 Å². The van der Waals surface area contributed by atoms with E-state index in [0.29, 0.717) is 0 Å². The molecule has 0 fully saturated rings. The van der Waals surface area contributed by atoms with E-state index < -0.39 is 0 Å². The van der Waals surface area contributed by atoms with Gasteiger partial charge in [0.1, 0.15) is 0 Å².